The highest BCUT2D eigenvalue weighted by molar-refractivity contribution is 7.89. The summed E-state index contributed by atoms with van der Waals surface area (Å²) in [4.78, 5) is 39.8. The topological polar surface area (TPSA) is 169 Å². The molecule has 51 heavy (non-hydrogen) atoms. The van der Waals surface area contributed by atoms with E-state index in [1.807, 2.05) is 56.5 Å². The summed E-state index contributed by atoms with van der Waals surface area (Å²) >= 11 is 1.51. The molecule has 13 nitrogen and oxygen atoms in total. The van der Waals surface area contributed by atoms with Crippen molar-refractivity contribution < 1.29 is 28.3 Å². The number of aryl methyl sites for hydroxylation is 1. The number of carbonyl (C=O) groups is 2. The molecule has 15 heteroatoms. The Morgan fingerprint density at radius 1 is 1.06 bits per heavy atom. The number of benzene rings is 2. The van der Waals surface area contributed by atoms with Crippen molar-refractivity contribution in [1.29, 1.82) is 0 Å². The van der Waals surface area contributed by atoms with Gasteiger partial charge in [0.25, 0.3) is 0 Å². The fourth-order valence-corrected chi connectivity index (χ4v) is 8.14. The van der Waals surface area contributed by atoms with Crippen molar-refractivity contribution in [1.82, 2.24) is 29.4 Å². The molecule has 270 valence electrons. The second-order valence-electron chi connectivity index (χ2n) is 12.7. The number of aromatic nitrogens is 2. The molecule has 1 aliphatic heterocycles. The number of carbonyl (C=O) groups excluding carboxylic acids is 2. The first-order valence-electron chi connectivity index (χ1n) is 16.6. The van der Waals surface area contributed by atoms with E-state index in [1.54, 1.807) is 34.2 Å². The predicted molar refractivity (Wildman–Crippen MR) is 194 cm³/mol. The van der Waals surface area contributed by atoms with Crippen molar-refractivity contribution in [3.05, 3.63) is 112 Å². The third-order valence-corrected chi connectivity index (χ3v) is 11.3. The Kier molecular flexibility index (Phi) is 12.5. The van der Waals surface area contributed by atoms with Crippen LogP contribution in [0.15, 0.2) is 94.4 Å². The van der Waals surface area contributed by atoms with Crippen LogP contribution in [0.4, 0.5) is 4.79 Å². The van der Waals surface area contributed by atoms with Gasteiger partial charge in [0.15, 0.2) is 0 Å². The van der Waals surface area contributed by atoms with Gasteiger partial charge in [-0.1, -0.05) is 67.5 Å². The number of sulfonamides is 1. The Labute approximate surface area is 302 Å². The predicted octanol–water partition coefficient (Wildman–Crippen LogP) is 3.90. The maximum Gasteiger partial charge on any atom is 0.321 e. The van der Waals surface area contributed by atoms with Gasteiger partial charge in [0.2, 0.25) is 15.9 Å². The molecule has 3 atom stereocenters. The second kappa shape index (κ2) is 17.0. The molecule has 0 saturated carbocycles. The molecule has 4 aromatic rings. The van der Waals surface area contributed by atoms with Crippen molar-refractivity contribution >= 4 is 39.5 Å². The molecule has 0 spiro atoms. The quantitative estimate of drug-likeness (QED) is 0.0886. The van der Waals surface area contributed by atoms with Gasteiger partial charge < -0.3 is 25.4 Å². The molecule has 0 unspecified atom stereocenters. The number of aliphatic hydroxyl groups excluding tert-OH is 1. The zero-order valence-electron chi connectivity index (χ0n) is 28.7. The summed E-state index contributed by atoms with van der Waals surface area (Å²) < 4.78 is 29.3. The minimum atomic E-state index is -4.19. The summed E-state index contributed by atoms with van der Waals surface area (Å²) in [5.74, 6) is -0.699. The zero-order valence-corrected chi connectivity index (χ0v) is 30.4. The van der Waals surface area contributed by atoms with E-state index in [1.165, 1.54) is 41.8 Å². The van der Waals surface area contributed by atoms with Crippen LogP contribution in [0.2, 0.25) is 0 Å². The van der Waals surface area contributed by atoms with E-state index in [2.05, 4.69) is 20.4 Å². The minimum absolute atomic E-state index is 0.0332. The third kappa shape index (κ3) is 9.55. The van der Waals surface area contributed by atoms with Gasteiger partial charge >= 0.3 is 6.03 Å². The first-order chi connectivity index (χ1) is 24.5. The van der Waals surface area contributed by atoms with Crippen LogP contribution in [0.25, 0.3) is 0 Å². The largest absolute Gasteiger partial charge is 0.411 e. The van der Waals surface area contributed by atoms with Crippen molar-refractivity contribution in [2.45, 2.75) is 63.4 Å². The molecule has 0 bridgehead atoms. The molecular weight excluding hydrogens is 691 g/mol. The Balaban J connectivity index is 1.40. The smallest absolute Gasteiger partial charge is 0.321 e. The highest BCUT2D eigenvalue weighted by atomic mass is 32.2. The standard InChI is InChI=1S/C36H43N7O6S2/c1-25(2)34(43-18-17-41(36(43)46)21-30-24-50-26(3)39-30)35(45)40-32(19-27-9-5-4-6-10-27)33(44)23-42(22-29-11-7-8-16-37-29)51(48,49)31-14-12-28(13-15-31)20-38-47/h4-16,20,24-25,32-34,44,47H,17-19,21-23H2,1-3H3,(H,40,45)/t32-,33-,34-/m0/s1. The first kappa shape index (κ1) is 37.6. The van der Waals surface area contributed by atoms with Gasteiger partial charge in [-0.15, -0.1) is 11.3 Å². The fourth-order valence-electron chi connectivity index (χ4n) is 6.10. The summed E-state index contributed by atoms with van der Waals surface area (Å²) in [6.45, 7) is 6.27. The zero-order chi connectivity index (χ0) is 36.5. The number of thiazole rings is 1. The van der Waals surface area contributed by atoms with E-state index >= 15 is 0 Å². The summed E-state index contributed by atoms with van der Waals surface area (Å²) in [5, 5.41) is 29.6. The lowest BCUT2D eigenvalue weighted by molar-refractivity contribution is -0.128. The lowest BCUT2D eigenvalue weighted by Gasteiger charge is -2.34. The maximum absolute atomic E-state index is 14.2. The van der Waals surface area contributed by atoms with Gasteiger partial charge in [-0.3, -0.25) is 9.78 Å². The highest BCUT2D eigenvalue weighted by Gasteiger charge is 2.40. The average molecular weight is 734 g/mol. The number of nitrogens with one attached hydrogen (secondary N) is 1. The Morgan fingerprint density at radius 3 is 2.41 bits per heavy atom. The van der Waals surface area contributed by atoms with Crippen LogP contribution >= 0.6 is 11.3 Å². The minimum Gasteiger partial charge on any atom is -0.411 e. The number of nitrogens with zero attached hydrogens (tertiary/aromatic N) is 6. The van der Waals surface area contributed by atoms with Crippen LogP contribution < -0.4 is 5.32 Å². The summed E-state index contributed by atoms with van der Waals surface area (Å²) in [6.07, 6.45) is 1.58. The molecule has 1 aliphatic rings. The molecule has 3 amide bonds. The van der Waals surface area contributed by atoms with Gasteiger partial charge in [0.05, 0.1) is 52.7 Å². The van der Waals surface area contributed by atoms with Crippen molar-refractivity contribution in [3.8, 4) is 0 Å². The normalized spacial score (nSPS) is 15.5. The van der Waals surface area contributed by atoms with Crippen LogP contribution in [-0.2, 0) is 34.3 Å². The van der Waals surface area contributed by atoms with Crippen LogP contribution in [0.1, 0.15) is 41.4 Å². The maximum atomic E-state index is 14.2. The van der Waals surface area contributed by atoms with Crippen molar-refractivity contribution in [2.24, 2.45) is 11.1 Å². The van der Waals surface area contributed by atoms with E-state index in [0.717, 1.165) is 20.6 Å². The van der Waals surface area contributed by atoms with E-state index < -0.39 is 34.1 Å². The van der Waals surface area contributed by atoms with Crippen LogP contribution in [0, 0.1) is 12.8 Å². The van der Waals surface area contributed by atoms with Crippen LogP contribution in [0.3, 0.4) is 0 Å². The summed E-state index contributed by atoms with van der Waals surface area (Å²) in [7, 11) is -4.19. The molecular formula is C36H43N7O6S2. The van der Waals surface area contributed by atoms with Crippen LogP contribution in [-0.4, -0.2) is 98.8 Å². The summed E-state index contributed by atoms with van der Waals surface area (Å²) in [6, 6.07) is 18.2. The van der Waals surface area contributed by atoms with E-state index in [0.29, 0.717) is 30.9 Å². The molecule has 1 saturated heterocycles. The number of amides is 3. The second-order valence-corrected chi connectivity index (χ2v) is 15.7. The van der Waals surface area contributed by atoms with Gasteiger partial charge in [-0.2, -0.15) is 4.31 Å². The number of rotatable bonds is 16. The van der Waals surface area contributed by atoms with Crippen LogP contribution in [0.5, 0.6) is 0 Å². The van der Waals surface area contributed by atoms with Gasteiger partial charge in [0, 0.05) is 31.2 Å². The SMILES string of the molecule is Cc1nc(CN2CCN([C@H](C(=O)N[C@@H](Cc3ccccc3)[C@@H](O)CN(Cc3ccccn3)S(=O)(=O)c3ccc(C=NO)cc3)C(C)C)C2=O)cs1. The van der Waals surface area contributed by atoms with E-state index in [-0.39, 0.29) is 36.4 Å². The molecule has 3 N–H and O–H groups in total. The highest BCUT2D eigenvalue weighted by Crippen LogP contribution is 2.23. The first-order valence-corrected chi connectivity index (χ1v) is 18.9. The molecule has 5 rings (SSSR count). The molecule has 3 heterocycles. The number of hydrogen-bond donors (Lipinski definition) is 3. The van der Waals surface area contributed by atoms with E-state index in [9.17, 15) is 23.1 Å². The summed E-state index contributed by atoms with van der Waals surface area (Å²) in [5.41, 5.74) is 2.58. The lowest BCUT2D eigenvalue weighted by Crippen LogP contribution is -2.57. The average Bonchev–Trinajstić information content (AvgIpc) is 3.69. The number of aliphatic hydroxyl groups is 1. The Bertz CT molecular complexity index is 1890. The van der Waals surface area contributed by atoms with Crippen molar-refractivity contribution in [3.63, 3.8) is 0 Å². The van der Waals surface area contributed by atoms with Gasteiger partial charge in [0.1, 0.15) is 6.04 Å². The number of oxime groups is 1. The fraction of sp³-hybridized carbons (Fsp3) is 0.361. The monoisotopic (exact) mass is 733 g/mol. The van der Waals surface area contributed by atoms with E-state index in [4.69, 9.17) is 5.21 Å². The lowest BCUT2D eigenvalue weighted by atomic mass is 9.98. The number of pyridine rings is 1. The molecule has 0 aliphatic carbocycles. The number of urea groups is 1. The van der Waals surface area contributed by atoms with Crippen molar-refractivity contribution in [2.75, 3.05) is 19.6 Å². The Hall–Kier alpha value is -4.70. The van der Waals surface area contributed by atoms with Gasteiger partial charge in [-0.05, 0) is 54.7 Å². The van der Waals surface area contributed by atoms with Gasteiger partial charge in [-0.25, -0.2) is 18.2 Å². The molecule has 2 aromatic carbocycles. The third-order valence-electron chi connectivity index (χ3n) is 8.65. The molecule has 0 radical (unpaired) electrons. The number of hydrogen-bond acceptors (Lipinski definition) is 10. The Morgan fingerprint density at radius 2 is 1.78 bits per heavy atom. The molecule has 1 fully saturated rings. The molecule has 2 aromatic heterocycles.